The van der Waals surface area contributed by atoms with Crippen LogP contribution in [-0.2, 0) is 4.74 Å². The number of amides is 1. The van der Waals surface area contributed by atoms with Gasteiger partial charge in [-0.2, -0.15) is 5.10 Å². The number of nitrogens with one attached hydrogen (secondary N) is 1. The molecule has 1 atom stereocenters. The number of carbonyl (C=O) groups is 1. The van der Waals surface area contributed by atoms with Gasteiger partial charge in [-0.1, -0.05) is 0 Å². The highest BCUT2D eigenvalue weighted by Crippen LogP contribution is 2.23. The first-order valence-corrected chi connectivity index (χ1v) is 7.89. The van der Waals surface area contributed by atoms with E-state index in [0.717, 1.165) is 25.0 Å². The fraction of sp³-hybridized carbons (Fsp3) is 0.412. The minimum Gasteiger partial charge on any atom is -0.376 e. The maximum Gasteiger partial charge on any atom is 0.257 e. The number of halogens is 1. The fourth-order valence-corrected chi connectivity index (χ4v) is 2.85. The number of rotatable bonds is 5. The van der Waals surface area contributed by atoms with E-state index < -0.39 is 0 Å². The van der Waals surface area contributed by atoms with Gasteiger partial charge in [0.05, 0.1) is 23.6 Å². The molecule has 0 spiro atoms. The molecule has 3 rings (SSSR count). The van der Waals surface area contributed by atoms with Gasteiger partial charge in [-0.25, -0.2) is 4.39 Å². The van der Waals surface area contributed by atoms with Gasteiger partial charge in [0.2, 0.25) is 0 Å². The van der Waals surface area contributed by atoms with Crippen LogP contribution >= 0.6 is 0 Å². The van der Waals surface area contributed by atoms with E-state index in [1.54, 1.807) is 17.0 Å². The molecule has 1 aliphatic rings. The Kier molecular flexibility index (Phi) is 4.71. The Balaban J connectivity index is 1.81. The minimum atomic E-state index is -0.310. The molecule has 1 saturated heterocycles. The van der Waals surface area contributed by atoms with Gasteiger partial charge in [0.1, 0.15) is 5.82 Å². The lowest BCUT2D eigenvalue weighted by Crippen LogP contribution is -2.37. The first-order valence-electron chi connectivity index (χ1n) is 7.89. The third-order valence-electron chi connectivity index (χ3n) is 4.12. The van der Waals surface area contributed by atoms with Gasteiger partial charge in [-0.15, -0.1) is 0 Å². The number of H-pyrrole nitrogens is 1. The topological polar surface area (TPSA) is 58.2 Å². The second kappa shape index (κ2) is 6.91. The molecule has 0 bridgehead atoms. The number of nitrogens with zero attached hydrogens (tertiary/aromatic N) is 2. The van der Waals surface area contributed by atoms with Crippen molar-refractivity contribution in [2.24, 2.45) is 0 Å². The molecule has 5 nitrogen and oxygen atoms in total. The smallest absolute Gasteiger partial charge is 0.257 e. The van der Waals surface area contributed by atoms with Crippen molar-refractivity contribution < 1.29 is 13.9 Å². The van der Waals surface area contributed by atoms with Crippen LogP contribution in [0.4, 0.5) is 4.39 Å². The van der Waals surface area contributed by atoms with E-state index in [-0.39, 0.29) is 17.8 Å². The van der Waals surface area contributed by atoms with E-state index in [4.69, 9.17) is 4.74 Å². The van der Waals surface area contributed by atoms with Crippen LogP contribution in [0.1, 0.15) is 30.1 Å². The first kappa shape index (κ1) is 15.7. The molecule has 1 aromatic carbocycles. The molecular formula is C17H20FN3O2. The molecule has 0 aliphatic carbocycles. The highest BCUT2D eigenvalue weighted by atomic mass is 19.1. The third kappa shape index (κ3) is 3.42. The zero-order valence-corrected chi connectivity index (χ0v) is 13.1. The number of hydrogen-bond donors (Lipinski definition) is 1. The number of hydrogen-bond acceptors (Lipinski definition) is 3. The van der Waals surface area contributed by atoms with Crippen LogP contribution in [0.25, 0.3) is 11.3 Å². The van der Waals surface area contributed by atoms with Crippen molar-refractivity contribution in [3.63, 3.8) is 0 Å². The van der Waals surface area contributed by atoms with E-state index in [2.05, 4.69) is 10.2 Å². The zero-order valence-electron chi connectivity index (χ0n) is 13.1. The number of ether oxygens (including phenoxy) is 1. The van der Waals surface area contributed by atoms with Crippen LogP contribution in [-0.4, -0.2) is 46.8 Å². The lowest BCUT2D eigenvalue weighted by molar-refractivity contribution is 0.0540. The molecule has 6 heteroatoms. The molecule has 23 heavy (non-hydrogen) atoms. The summed E-state index contributed by atoms with van der Waals surface area (Å²) in [5.41, 5.74) is 1.85. The summed E-state index contributed by atoms with van der Waals surface area (Å²) >= 11 is 0. The van der Waals surface area contributed by atoms with Crippen LogP contribution in [0.2, 0.25) is 0 Å². The number of benzene rings is 1. The molecule has 1 aromatic heterocycles. The van der Waals surface area contributed by atoms with Crippen LogP contribution in [0, 0.1) is 5.82 Å². The Morgan fingerprint density at radius 2 is 2.22 bits per heavy atom. The maximum absolute atomic E-state index is 13.1. The SMILES string of the molecule is CCN(C[C@@H]1CCCO1)C(=O)c1cn[nH]c1-c1ccc(F)cc1. The Hall–Kier alpha value is -2.21. The van der Waals surface area contributed by atoms with E-state index in [1.165, 1.54) is 18.3 Å². The highest BCUT2D eigenvalue weighted by Gasteiger charge is 2.25. The Bertz CT molecular complexity index is 663. The van der Waals surface area contributed by atoms with E-state index in [1.807, 2.05) is 6.92 Å². The average molecular weight is 317 g/mol. The summed E-state index contributed by atoms with van der Waals surface area (Å²) in [6.07, 6.45) is 3.67. The number of carbonyl (C=O) groups excluding carboxylic acids is 1. The predicted octanol–water partition coefficient (Wildman–Crippen LogP) is 2.86. The van der Waals surface area contributed by atoms with Gasteiger partial charge in [0, 0.05) is 25.3 Å². The summed E-state index contributed by atoms with van der Waals surface area (Å²) in [5.74, 6) is -0.397. The lowest BCUT2D eigenvalue weighted by atomic mass is 10.1. The quantitative estimate of drug-likeness (QED) is 0.922. The van der Waals surface area contributed by atoms with Crippen LogP contribution in [0.5, 0.6) is 0 Å². The van der Waals surface area contributed by atoms with Gasteiger partial charge >= 0.3 is 0 Å². The lowest BCUT2D eigenvalue weighted by Gasteiger charge is -2.24. The second-order valence-corrected chi connectivity index (χ2v) is 5.64. The molecule has 1 aliphatic heterocycles. The van der Waals surface area contributed by atoms with Gasteiger partial charge in [0.15, 0.2) is 0 Å². The van der Waals surface area contributed by atoms with Crippen molar-refractivity contribution in [2.75, 3.05) is 19.7 Å². The maximum atomic E-state index is 13.1. The molecule has 1 amide bonds. The van der Waals surface area contributed by atoms with Crippen molar-refractivity contribution in [2.45, 2.75) is 25.9 Å². The molecule has 122 valence electrons. The third-order valence-corrected chi connectivity index (χ3v) is 4.12. The van der Waals surface area contributed by atoms with E-state index >= 15 is 0 Å². The largest absolute Gasteiger partial charge is 0.376 e. The first-order chi connectivity index (χ1) is 11.2. The van der Waals surface area contributed by atoms with Crippen LogP contribution in [0.3, 0.4) is 0 Å². The minimum absolute atomic E-state index is 0.0870. The fourth-order valence-electron chi connectivity index (χ4n) is 2.85. The number of aromatic amines is 1. The molecule has 2 heterocycles. The van der Waals surface area contributed by atoms with Crippen molar-refractivity contribution in [3.8, 4) is 11.3 Å². The van der Waals surface area contributed by atoms with Crippen molar-refractivity contribution in [1.82, 2.24) is 15.1 Å². The van der Waals surface area contributed by atoms with Crippen LogP contribution in [0.15, 0.2) is 30.5 Å². The van der Waals surface area contributed by atoms with E-state index in [9.17, 15) is 9.18 Å². The number of likely N-dealkylation sites (N-methyl/N-ethyl adjacent to an activating group) is 1. The van der Waals surface area contributed by atoms with Gasteiger partial charge in [0.25, 0.3) is 5.91 Å². The van der Waals surface area contributed by atoms with Gasteiger partial charge in [-0.3, -0.25) is 9.89 Å². The predicted molar refractivity (Wildman–Crippen MR) is 84.5 cm³/mol. The molecule has 0 saturated carbocycles. The van der Waals surface area contributed by atoms with Gasteiger partial charge in [-0.05, 0) is 44.0 Å². The van der Waals surface area contributed by atoms with Crippen LogP contribution < -0.4 is 0 Å². The monoisotopic (exact) mass is 317 g/mol. The summed E-state index contributed by atoms with van der Waals surface area (Å²) < 4.78 is 18.7. The standard InChI is InChI=1S/C17H20FN3O2/c1-2-21(11-14-4-3-9-23-14)17(22)15-10-19-20-16(15)12-5-7-13(18)8-6-12/h5-8,10,14H,2-4,9,11H2,1H3,(H,19,20)/t14-/m0/s1. The zero-order chi connectivity index (χ0) is 16.2. The molecule has 2 aromatic rings. The normalized spacial score (nSPS) is 17.4. The summed E-state index contributed by atoms with van der Waals surface area (Å²) in [6.45, 7) is 3.91. The van der Waals surface area contributed by atoms with Crippen molar-refractivity contribution in [3.05, 3.63) is 41.8 Å². The Morgan fingerprint density at radius 1 is 1.43 bits per heavy atom. The summed E-state index contributed by atoms with van der Waals surface area (Å²) in [6, 6.07) is 6.01. The van der Waals surface area contributed by atoms with Crippen molar-refractivity contribution >= 4 is 5.91 Å². The molecule has 1 fully saturated rings. The second-order valence-electron chi connectivity index (χ2n) is 5.64. The molecule has 1 N–H and O–H groups in total. The average Bonchev–Trinajstić information content (AvgIpc) is 3.24. The Morgan fingerprint density at radius 3 is 2.87 bits per heavy atom. The van der Waals surface area contributed by atoms with Gasteiger partial charge < -0.3 is 9.64 Å². The molecular weight excluding hydrogens is 297 g/mol. The van der Waals surface area contributed by atoms with Crippen molar-refractivity contribution in [1.29, 1.82) is 0 Å². The summed E-state index contributed by atoms with van der Waals surface area (Å²) in [5, 5.41) is 6.84. The molecule has 0 radical (unpaired) electrons. The summed E-state index contributed by atoms with van der Waals surface area (Å²) in [4.78, 5) is 14.6. The number of aromatic nitrogens is 2. The van der Waals surface area contributed by atoms with E-state index in [0.29, 0.717) is 24.3 Å². The highest BCUT2D eigenvalue weighted by molar-refractivity contribution is 5.99. The molecule has 0 unspecified atom stereocenters. The Labute approximate surface area is 134 Å². The summed E-state index contributed by atoms with van der Waals surface area (Å²) in [7, 11) is 0.